The van der Waals surface area contributed by atoms with Gasteiger partial charge in [-0.2, -0.15) is 0 Å². The number of hydrogen-bond acceptors (Lipinski definition) is 4. The third-order valence-electron chi connectivity index (χ3n) is 5.60. The molecule has 0 aliphatic carbocycles. The van der Waals surface area contributed by atoms with Crippen molar-refractivity contribution in [1.29, 1.82) is 0 Å². The Morgan fingerprint density at radius 1 is 1.12 bits per heavy atom. The van der Waals surface area contributed by atoms with Crippen LogP contribution in [0.15, 0.2) is 58.4 Å². The molecular formula is C25H22ClN3O3S. The standard InChI is InChI=1S/C25H22ClN3O3S/c1-14-12-17(16(3)29(14)19-10-8-18(26)9-11-19)13-22-23(30)28(4)25(33-22)27-21-7-5-6-20(15(21)2)24(31)32/h5-13H,1-4H3,(H,31,32)/b22-13+,27-25?. The summed E-state index contributed by atoms with van der Waals surface area (Å²) in [5, 5.41) is 10.5. The van der Waals surface area contributed by atoms with Crippen molar-refractivity contribution in [3.05, 3.63) is 86.5 Å². The van der Waals surface area contributed by atoms with Crippen molar-refractivity contribution in [3.63, 3.8) is 0 Å². The van der Waals surface area contributed by atoms with Crippen LogP contribution in [-0.2, 0) is 4.79 Å². The van der Waals surface area contributed by atoms with Crippen LogP contribution in [0.5, 0.6) is 0 Å². The van der Waals surface area contributed by atoms with Crippen LogP contribution < -0.4 is 0 Å². The highest BCUT2D eigenvalue weighted by molar-refractivity contribution is 8.18. The lowest BCUT2D eigenvalue weighted by Gasteiger charge is -2.09. The van der Waals surface area contributed by atoms with Gasteiger partial charge >= 0.3 is 5.97 Å². The minimum absolute atomic E-state index is 0.151. The van der Waals surface area contributed by atoms with E-state index < -0.39 is 5.97 Å². The van der Waals surface area contributed by atoms with Crippen molar-refractivity contribution in [2.24, 2.45) is 4.99 Å². The van der Waals surface area contributed by atoms with Crippen molar-refractivity contribution in [3.8, 4) is 5.69 Å². The van der Waals surface area contributed by atoms with E-state index in [4.69, 9.17) is 11.6 Å². The van der Waals surface area contributed by atoms with Gasteiger partial charge in [0.05, 0.1) is 16.2 Å². The Morgan fingerprint density at radius 3 is 2.48 bits per heavy atom. The Balaban J connectivity index is 1.69. The molecule has 1 aliphatic rings. The van der Waals surface area contributed by atoms with Crippen molar-refractivity contribution in [1.82, 2.24) is 9.47 Å². The van der Waals surface area contributed by atoms with E-state index in [1.165, 1.54) is 16.7 Å². The molecule has 168 valence electrons. The maximum Gasteiger partial charge on any atom is 0.336 e. The number of aromatic nitrogens is 1. The minimum atomic E-state index is -1.00. The SMILES string of the molecule is Cc1c(N=C2S/C(=C/c3cc(C)n(-c4ccc(Cl)cc4)c3C)C(=O)N2C)cccc1C(=O)O. The number of nitrogens with zero attached hydrogens (tertiary/aromatic N) is 3. The molecule has 1 aliphatic heterocycles. The number of rotatable bonds is 4. The number of carboxylic acid groups (broad SMARTS) is 1. The van der Waals surface area contributed by atoms with Gasteiger partial charge in [-0.15, -0.1) is 0 Å². The van der Waals surface area contributed by atoms with E-state index in [1.807, 2.05) is 50.3 Å². The van der Waals surface area contributed by atoms with Gasteiger partial charge in [-0.25, -0.2) is 9.79 Å². The number of carbonyl (C=O) groups excluding carboxylic acids is 1. The molecular weight excluding hydrogens is 458 g/mol. The molecule has 33 heavy (non-hydrogen) atoms. The summed E-state index contributed by atoms with van der Waals surface area (Å²) >= 11 is 7.30. The second-order valence-corrected chi connectivity index (χ2v) is 9.21. The largest absolute Gasteiger partial charge is 0.478 e. The fraction of sp³-hybridized carbons (Fsp3) is 0.160. The molecule has 0 spiro atoms. The predicted octanol–water partition coefficient (Wildman–Crippen LogP) is 5.99. The van der Waals surface area contributed by atoms with Gasteiger partial charge in [-0.3, -0.25) is 9.69 Å². The lowest BCUT2D eigenvalue weighted by atomic mass is 10.1. The first kappa shape index (κ1) is 22.9. The maximum atomic E-state index is 12.9. The van der Waals surface area contributed by atoms with Crippen molar-refractivity contribution >= 4 is 52.2 Å². The third-order valence-corrected chi connectivity index (χ3v) is 6.91. The van der Waals surface area contributed by atoms with Crippen LogP contribution in [0.1, 0.15) is 32.9 Å². The van der Waals surface area contributed by atoms with Crippen LogP contribution in [0.4, 0.5) is 5.69 Å². The fourth-order valence-corrected chi connectivity index (χ4v) is 4.89. The van der Waals surface area contributed by atoms with E-state index in [-0.39, 0.29) is 11.5 Å². The number of benzene rings is 2. The molecule has 0 bridgehead atoms. The topological polar surface area (TPSA) is 74.9 Å². The number of hydrogen-bond donors (Lipinski definition) is 1. The Kier molecular flexibility index (Phi) is 6.19. The summed E-state index contributed by atoms with van der Waals surface area (Å²) in [5.41, 5.74) is 5.27. The summed E-state index contributed by atoms with van der Waals surface area (Å²) in [6.07, 6.45) is 1.88. The summed E-state index contributed by atoms with van der Waals surface area (Å²) in [6.45, 7) is 5.74. The van der Waals surface area contributed by atoms with Gasteiger partial charge in [0.1, 0.15) is 0 Å². The Hall–Kier alpha value is -3.29. The zero-order chi connectivity index (χ0) is 23.9. The quantitative estimate of drug-likeness (QED) is 0.466. The van der Waals surface area contributed by atoms with Crippen LogP contribution in [0.25, 0.3) is 11.8 Å². The summed E-state index contributed by atoms with van der Waals surface area (Å²) in [7, 11) is 1.67. The van der Waals surface area contributed by atoms with E-state index >= 15 is 0 Å². The first-order valence-corrected chi connectivity index (χ1v) is 11.4. The molecule has 1 N–H and O–H groups in total. The van der Waals surface area contributed by atoms with Crippen LogP contribution in [0.3, 0.4) is 0 Å². The number of aliphatic imine (C=N–C) groups is 1. The lowest BCUT2D eigenvalue weighted by molar-refractivity contribution is -0.121. The van der Waals surface area contributed by atoms with Gasteiger partial charge in [-0.1, -0.05) is 17.7 Å². The number of carboxylic acids is 1. The number of likely N-dealkylation sites (N-methyl/N-ethyl adjacent to an activating group) is 1. The summed E-state index contributed by atoms with van der Waals surface area (Å²) < 4.78 is 2.12. The van der Waals surface area contributed by atoms with Gasteiger partial charge in [0.2, 0.25) is 0 Å². The molecule has 0 unspecified atom stereocenters. The lowest BCUT2D eigenvalue weighted by Crippen LogP contribution is -2.23. The molecule has 1 saturated heterocycles. The maximum absolute atomic E-state index is 12.9. The average Bonchev–Trinajstić information content (AvgIpc) is 3.20. The molecule has 0 saturated carbocycles. The second-order valence-electron chi connectivity index (χ2n) is 7.76. The first-order valence-electron chi connectivity index (χ1n) is 10.2. The van der Waals surface area contributed by atoms with Crippen LogP contribution in [0, 0.1) is 20.8 Å². The molecule has 0 atom stereocenters. The van der Waals surface area contributed by atoms with E-state index in [9.17, 15) is 14.7 Å². The molecule has 3 aromatic rings. The summed E-state index contributed by atoms with van der Waals surface area (Å²) in [5.74, 6) is -1.16. The molecule has 6 nitrogen and oxygen atoms in total. The van der Waals surface area contributed by atoms with Gasteiger partial charge < -0.3 is 9.67 Å². The number of carbonyl (C=O) groups is 2. The summed E-state index contributed by atoms with van der Waals surface area (Å²) in [4.78, 5) is 31.0. The van der Waals surface area contributed by atoms with Crippen molar-refractivity contribution in [2.45, 2.75) is 20.8 Å². The van der Waals surface area contributed by atoms with Gasteiger partial charge in [0.25, 0.3) is 5.91 Å². The zero-order valence-electron chi connectivity index (χ0n) is 18.6. The number of halogens is 1. The van der Waals surface area contributed by atoms with Crippen molar-refractivity contribution < 1.29 is 14.7 Å². The number of aryl methyl sites for hydroxylation is 1. The predicted molar refractivity (Wildman–Crippen MR) is 134 cm³/mol. The van der Waals surface area contributed by atoms with Gasteiger partial charge in [-0.05, 0) is 92.2 Å². The summed E-state index contributed by atoms with van der Waals surface area (Å²) in [6, 6.07) is 14.6. The highest BCUT2D eigenvalue weighted by Crippen LogP contribution is 2.35. The van der Waals surface area contributed by atoms with E-state index in [0.29, 0.717) is 26.3 Å². The molecule has 1 aromatic heterocycles. The smallest absolute Gasteiger partial charge is 0.336 e. The first-order chi connectivity index (χ1) is 15.7. The van der Waals surface area contributed by atoms with Gasteiger partial charge in [0.15, 0.2) is 5.17 Å². The molecule has 4 rings (SSSR count). The molecule has 0 radical (unpaired) electrons. The van der Waals surface area contributed by atoms with Crippen LogP contribution >= 0.6 is 23.4 Å². The van der Waals surface area contributed by atoms with Crippen molar-refractivity contribution in [2.75, 3.05) is 7.05 Å². The zero-order valence-corrected chi connectivity index (χ0v) is 20.2. The van der Waals surface area contributed by atoms with Crippen LogP contribution in [0.2, 0.25) is 5.02 Å². The van der Waals surface area contributed by atoms with E-state index in [0.717, 1.165) is 22.6 Å². The van der Waals surface area contributed by atoms with E-state index in [2.05, 4.69) is 9.56 Å². The number of amidine groups is 1. The Labute approximate surface area is 201 Å². The highest BCUT2D eigenvalue weighted by Gasteiger charge is 2.31. The van der Waals surface area contributed by atoms with E-state index in [1.54, 1.807) is 32.2 Å². The van der Waals surface area contributed by atoms with Crippen LogP contribution in [-0.4, -0.2) is 38.7 Å². The average molecular weight is 480 g/mol. The fourth-order valence-electron chi connectivity index (χ4n) is 3.79. The second kappa shape index (κ2) is 8.92. The molecule has 2 heterocycles. The highest BCUT2D eigenvalue weighted by atomic mass is 35.5. The molecule has 2 aromatic carbocycles. The molecule has 8 heteroatoms. The molecule has 1 amide bonds. The number of amides is 1. The monoisotopic (exact) mass is 479 g/mol. The molecule has 1 fully saturated rings. The third kappa shape index (κ3) is 4.34. The minimum Gasteiger partial charge on any atom is -0.478 e. The van der Waals surface area contributed by atoms with Gasteiger partial charge in [0, 0.05) is 29.1 Å². The number of thioether (sulfide) groups is 1. The Morgan fingerprint density at radius 2 is 1.82 bits per heavy atom. The normalized spacial score (nSPS) is 16.3. The Bertz CT molecular complexity index is 1340. The number of aromatic carboxylic acids is 1.